The predicted molar refractivity (Wildman–Crippen MR) is 77.1 cm³/mol. The number of pyridine rings is 1. The van der Waals surface area contributed by atoms with Gasteiger partial charge in [0, 0.05) is 18.1 Å². The number of hydrogen-bond donors (Lipinski definition) is 1. The van der Waals surface area contributed by atoms with Crippen molar-refractivity contribution in [2.75, 3.05) is 0 Å². The average molecular weight is 273 g/mol. The van der Waals surface area contributed by atoms with Crippen LogP contribution in [0.5, 0.6) is 0 Å². The van der Waals surface area contributed by atoms with Gasteiger partial charge < -0.3 is 5.11 Å². The maximum atomic E-state index is 11.3. The molecule has 19 heavy (non-hydrogen) atoms. The first-order chi connectivity index (χ1) is 9.25. The number of aromatic nitrogens is 1. The highest BCUT2D eigenvalue weighted by Gasteiger charge is 2.18. The van der Waals surface area contributed by atoms with Gasteiger partial charge in [0.15, 0.2) is 0 Å². The molecule has 1 N–H and O–H groups in total. The van der Waals surface area contributed by atoms with Crippen LogP contribution in [0.3, 0.4) is 0 Å². The molecule has 1 unspecified atom stereocenters. The summed E-state index contributed by atoms with van der Waals surface area (Å²) in [5.41, 5.74) is 2.15. The molecule has 0 saturated carbocycles. The van der Waals surface area contributed by atoms with Gasteiger partial charge in [-0.3, -0.25) is 9.78 Å². The zero-order chi connectivity index (χ0) is 13.5. The van der Waals surface area contributed by atoms with Gasteiger partial charge in [0.05, 0.1) is 0 Å². The van der Waals surface area contributed by atoms with Crippen LogP contribution in [0.1, 0.15) is 11.1 Å². The molecule has 0 fully saturated rings. The lowest BCUT2D eigenvalue weighted by atomic mass is 10.1. The lowest BCUT2D eigenvalue weighted by Gasteiger charge is -2.12. The minimum absolute atomic E-state index is 0.421. The maximum Gasteiger partial charge on any atom is 0.316 e. The first kappa shape index (κ1) is 13.6. The molecule has 0 amide bonds. The summed E-state index contributed by atoms with van der Waals surface area (Å²) in [7, 11) is 0. The molecule has 0 aliphatic heterocycles. The third-order valence-corrected chi connectivity index (χ3v) is 4.01. The van der Waals surface area contributed by atoms with E-state index in [0.717, 1.165) is 11.1 Å². The molecule has 4 heteroatoms. The largest absolute Gasteiger partial charge is 0.480 e. The van der Waals surface area contributed by atoms with Crippen molar-refractivity contribution in [2.24, 2.45) is 0 Å². The Bertz CT molecular complexity index is 516. The molecule has 2 aromatic rings. The van der Waals surface area contributed by atoms with Gasteiger partial charge in [-0.15, -0.1) is 11.8 Å². The lowest BCUT2D eigenvalue weighted by molar-refractivity contribution is -0.136. The third kappa shape index (κ3) is 4.41. The maximum absolute atomic E-state index is 11.3. The highest BCUT2D eigenvalue weighted by Crippen LogP contribution is 2.21. The van der Waals surface area contributed by atoms with Gasteiger partial charge in [0.2, 0.25) is 0 Å². The SMILES string of the molecule is O=C(O)C(Cc1ccccc1)SCc1ccncc1. The molecule has 3 nitrogen and oxygen atoms in total. The topological polar surface area (TPSA) is 50.2 Å². The second-order valence-corrected chi connectivity index (χ2v) is 5.37. The average Bonchev–Trinajstić information content (AvgIpc) is 2.45. The van der Waals surface area contributed by atoms with E-state index in [2.05, 4.69) is 4.98 Å². The number of hydrogen-bond acceptors (Lipinski definition) is 3. The number of benzene rings is 1. The van der Waals surface area contributed by atoms with Crippen molar-refractivity contribution < 1.29 is 9.90 Å². The second kappa shape index (κ2) is 6.95. The molecule has 0 spiro atoms. The van der Waals surface area contributed by atoms with Crippen LogP contribution in [0.2, 0.25) is 0 Å². The number of carboxylic acid groups (broad SMARTS) is 1. The molecule has 0 aliphatic rings. The summed E-state index contributed by atoms with van der Waals surface area (Å²) in [4.78, 5) is 15.2. The highest BCUT2D eigenvalue weighted by atomic mass is 32.2. The van der Waals surface area contributed by atoms with Crippen LogP contribution >= 0.6 is 11.8 Å². The predicted octanol–water partition coefficient (Wildman–Crippen LogP) is 3.01. The fraction of sp³-hybridized carbons (Fsp3) is 0.200. The van der Waals surface area contributed by atoms with E-state index in [4.69, 9.17) is 0 Å². The zero-order valence-electron chi connectivity index (χ0n) is 10.4. The van der Waals surface area contributed by atoms with Gasteiger partial charge >= 0.3 is 5.97 Å². The van der Waals surface area contributed by atoms with Crippen LogP contribution in [0, 0.1) is 0 Å². The number of aliphatic carboxylic acids is 1. The minimum Gasteiger partial charge on any atom is -0.480 e. The molecular weight excluding hydrogens is 258 g/mol. The van der Waals surface area contributed by atoms with E-state index in [1.165, 1.54) is 11.8 Å². The molecule has 2 rings (SSSR count). The van der Waals surface area contributed by atoms with Crippen LogP contribution in [-0.4, -0.2) is 21.3 Å². The molecule has 1 aromatic carbocycles. The van der Waals surface area contributed by atoms with E-state index in [0.29, 0.717) is 12.2 Å². The Hall–Kier alpha value is -1.81. The Kier molecular flexibility index (Phi) is 4.98. The van der Waals surface area contributed by atoms with E-state index >= 15 is 0 Å². The van der Waals surface area contributed by atoms with Crippen molar-refractivity contribution >= 4 is 17.7 Å². The number of nitrogens with zero attached hydrogens (tertiary/aromatic N) is 1. The molecule has 1 atom stereocenters. The van der Waals surface area contributed by atoms with Crippen molar-refractivity contribution in [3.63, 3.8) is 0 Å². The Morgan fingerprint density at radius 3 is 2.42 bits per heavy atom. The van der Waals surface area contributed by atoms with E-state index in [1.807, 2.05) is 42.5 Å². The number of carboxylic acids is 1. The van der Waals surface area contributed by atoms with Crippen LogP contribution in [0.4, 0.5) is 0 Å². The van der Waals surface area contributed by atoms with Crippen molar-refractivity contribution in [1.29, 1.82) is 0 Å². The van der Waals surface area contributed by atoms with Crippen molar-refractivity contribution in [3.05, 3.63) is 66.0 Å². The molecule has 0 bridgehead atoms. The first-order valence-corrected chi connectivity index (χ1v) is 7.08. The molecule has 1 aromatic heterocycles. The van der Waals surface area contributed by atoms with Crippen molar-refractivity contribution in [3.8, 4) is 0 Å². The van der Waals surface area contributed by atoms with E-state index < -0.39 is 11.2 Å². The van der Waals surface area contributed by atoms with Crippen molar-refractivity contribution in [2.45, 2.75) is 17.4 Å². The first-order valence-electron chi connectivity index (χ1n) is 6.03. The number of thioether (sulfide) groups is 1. The summed E-state index contributed by atoms with van der Waals surface area (Å²) < 4.78 is 0. The fourth-order valence-electron chi connectivity index (χ4n) is 1.72. The molecule has 0 radical (unpaired) electrons. The van der Waals surface area contributed by atoms with Gasteiger partial charge in [0.25, 0.3) is 0 Å². The highest BCUT2D eigenvalue weighted by molar-refractivity contribution is 7.99. The number of carbonyl (C=O) groups is 1. The van der Waals surface area contributed by atoms with Crippen LogP contribution in [0.25, 0.3) is 0 Å². The summed E-state index contributed by atoms with van der Waals surface area (Å²) in [6, 6.07) is 13.5. The standard InChI is InChI=1S/C15H15NO2S/c17-15(18)14(10-12-4-2-1-3-5-12)19-11-13-6-8-16-9-7-13/h1-9,14H,10-11H2,(H,17,18). The quantitative estimate of drug-likeness (QED) is 0.879. The normalized spacial score (nSPS) is 12.0. The second-order valence-electron chi connectivity index (χ2n) is 4.18. The van der Waals surface area contributed by atoms with Crippen molar-refractivity contribution in [1.82, 2.24) is 4.98 Å². The molecule has 98 valence electrons. The summed E-state index contributed by atoms with van der Waals surface area (Å²) >= 11 is 1.45. The third-order valence-electron chi connectivity index (χ3n) is 2.74. The fourth-order valence-corrected chi connectivity index (χ4v) is 2.76. The van der Waals surface area contributed by atoms with Crippen LogP contribution in [-0.2, 0) is 17.0 Å². The van der Waals surface area contributed by atoms with Gasteiger partial charge in [-0.1, -0.05) is 30.3 Å². The van der Waals surface area contributed by atoms with Gasteiger partial charge in [-0.05, 0) is 29.7 Å². The monoisotopic (exact) mass is 273 g/mol. The Morgan fingerprint density at radius 1 is 1.11 bits per heavy atom. The summed E-state index contributed by atoms with van der Waals surface area (Å²) in [6.45, 7) is 0. The molecular formula is C15H15NO2S. The molecule has 0 saturated heterocycles. The zero-order valence-corrected chi connectivity index (χ0v) is 11.2. The van der Waals surface area contributed by atoms with E-state index in [1.54, 1.807) is 12.4 Å². The Balaban J connectivity index is 1.95. The Morgan fingerprint density at radius 2 is 1.79 bits per heavy atom. The van der Waals surface area contributed by atoms with Crippen LogP contribution < -0.4 is 0 Å². The van der Waals surface area contributed by atoms with E-state index in [9.17, 15) is 9.90 Å². The lowest BCUT2D eigenvalue weighted by Crippen LogP contribution is -2.19. The smallest absolute Gasteiger partial charge is 0.316 e. The molecule has 0 aliphatic carbocycles. The van der Waals surface area contributed by atoms with Gasteiger partial charge in [0.1, 0.15) is 5.25 Å². The minimum atomic E-state index is -0.761. The van der Waals surface area contributed by atoms with Gasteiger partial charge in [-0.25, -0.2) is 0 Å². The van der Waals surface area contributed by atoms with E-state index in [-0.39, 0.29) is 0 Å². The summed E-state index contributed by atoms with van der Waals surface area (Å²) in [5.74, 6) is -0.0744. The summed E-state index contributed by atoms with van der Waals surface area (Å²) in [5, 5.41) is 8.86. The number of rotatable bonds is 6. The Labute approximate surface area is 116 Å². The summed E-state index contributed by atoms with van der Waals surface area (Å²) in [6.07, 6.45) is 4.00. The molecule has 1 heterocycles. The van der Waals surface area contributed by atoms with Crippen LogP contribution in [0.15, 0.2) is 54.9 Å². The van der Waals surface area contributed by atoms with Gasteiger partial charge in [-0.2, -0.15) is 0 Å².